The molecule has 138 valence electrons. The number of carbonyl (C=O) groups excluding carboxylic acids is 1. The average Bonchev–Trinajstić information content (AvgIpc) is 2.72. The molecule has 0 saturated carbocycles. The Morgan fingerprint density at radius 3 is 2.59 bits per heavy atom. The van der Waals surface area contributed by atoms with E-state index >= 15 is 0 Å². The van der Waals surface area contributed by atoms with Crippen LogP contribution in [0.1, 0.15) is 15.9 Å². The fourth-order valence-electron chi connectivity index (χ4n) is 2.74. The maximum Gasteiger partial charge on any atom is 0.248 e. The van der Waals surface area contributed by atoms with Crippen LogP contribution in [0.3, 0.4) is 0 Å². The van der Waals surface area contributed by atoms with Crippen molar-refractivity contribution < 1.29 is 9.53 Å². The Bertz CT molecular complexity index is 864. The maximum absolute atomic E-state index is 11.3. The van der Waals surface area contributed by atoms with Crippen molar-refractivity contribution in [1.82, 2.24) is 10.3 Å². The van der Waals surface area contributed by atoms with E-state index in [1.807, 2.05) is 48.7 Å². The summed E-state index contributed by atoms with van der Waals surface area (Å²) in [5, 5.41) is 3.36. The Morgan fingerprint density at radius 1 is 1.00 bits per heavy atom. The van der Waals surface area contributed by atoms with Crippen molar-refractivity contribution in [3.05, 3.63) is 84.2 Å². The van der Waals surface area contributed by atoms with Crippen molar-refractivity contribution in [2.45, 2.75) is 6.42 Å². The summed E-state index contributed by atoms with van der Waals surface area (Å²) >= 11 is 0. The van der Waals surface area contributed by atoms with E-state index < -0.39 is 5.91 Å². The van der Waals surface area contributed by atoms with E-state index in [1.165, 1.54) is 5.56 Å². The van der Waals surface area contributed by atoms with Gasteiger partial charge >= 0.3 is 0 Å². The number of ether oxygens (including phenoxy) is 1. The van der Waals surface area contributed by atoms with Gasteiger partial charge < -0.3 is 15.8 Å². The minimum atomic E-state index is -0.423. The van der Waals surface area contributed by atoms with Crippen LogP contribution >= 0.6 is 0 Å². The maximum atomic E-state index is 11.3. The summed E-state index contributed by atoms with van der Waals surface area (Å²) in [6, 6.07) is 19.1. The highest BCUT2D eigenvalue weighted by Crippen LogP contribution is 2.23. The summed E-state index contributed by atoms with van der Waals surface area (Å²) in [6.45, 7) is 2.27. The van der Waals surface area contributed by atoms with Crippen LogP contribution in [-0.2, 0) is 6.42 Å². The largest absolute Gasteiger partial charge is 0.492 e. The first-order valence-corrected chi connectivity index (χ1v) is 8.95. The molecule has 0 fully saturated rings. The van der Waals surface area contributed by atoms with E-state index in [0.29, 0.717) is 12.2 Å². The first-order chi connectivity index (χ1) is 13.2. The summed E-state index contributed by atoms with van der Waals surface area (Å²) in [5.41, 5.74) is 9.04. The molecule has 3 aromatic rings. The molecule has 27 heavy (non-hydrogen) atoms. The lowest BCUT2D eigenvalue weighted by atomic mass is 10.0. The summed E-state index contributed by atoms with van der Waals surface area (Å²) in [5.74, 6) is 0.395. The quantitative estimate of drug-likeness (QED) is 0.574. The second kappa shape index (κ2) is 9.50. The number of carbonyl (C=O) groups is 1. The van der Waals surface area contributed by atoms with Gasteiger partial charge in [-0.05, 0) is 60.0 Å². The molecule has 3 N–H and O–H groups in total. The Kier molecular flexibility index (Phi) is 6.55. The lowest BCUT2D eigenvalue weighted by Gasteiger charge is -2.09. The molecular formula is C22H23N3O2. The van der Waals surface area contributed by atoms with Gasteiger partial charge in [0.25, 0.3) is 0 Å². The van der Waals surface area contributed by atoms with Gasteiger partial charge in [-0.25, -0.2) is 0 Å². The molecule has 0 saturated heterocycles. The minimum absolute atomic E-state index is 0.423. The van der Waals surface area contributed by atoms with Gasteiger partial charge in [0.15, 0.2) is 0 Å². The van der Waals surface area contributed by atoms with Gasteiger partial charge in [0.2, 0.25) is 5.91 Å². The number of nitrogens with zero attached hydrogens (tertiary/aromatic N) is 1. The second-order valence-electron chi connectivity index (χ2n) is 6.18. The minimum Gasteiger partial charge on any atom is -0.492 e. The van der Waals surface area contributed by atoms with Gasteiger partial charge in [0.1, 0.15) is 12.4 Å². The van der Waals surface area contributed by atoms with E-state index in [9.17, 15) is 4.79 Å². The zero-order chi connectivity index (χ0) is 18.9. The molecule has 0 spiro atoms. The Labute approximate surface area is 159 Å². The highest BCUT2D eigenvalue weighted by atomic mass is 16.5. The lowest BCUT2D eigenvalue weighted by molar-refractivity contribution is 0.100. The molecule has 0 atom stereocenters. The van der Waals surface area contributed by atoms with Gasteiger partial charge in [-0.1, -0.05) is 30.3 Å². The number of nitrogens with two attached hydrogens (primary N) is 1. The standard InChI is InChI=1S/C22H23N3O2/c23-22(26)20-5-1-4-19(15-20)18-6-8-21(9-7-18)27-14-13-24-12-10-17-3-2-11-25-16-17/h1-9,11,15-16,24H,10,12-14H2,(H2,23,26). The number of nitrogens with one attached hydrogen (secondary N) is 1. The van der Waals surface area contributed by atoms with Crippen LogP contribution < -0.4 is 15.8 Å². The molecule has 0 aliphatic carbocycles. The monoisotopic (exact) mass is 361 g/mol. The third-order valence-electron chi connectivity index (χ3n) is 4.20. The fourth-order valence-corrected chi connectivity index (χ4v) is 2.74. The van der Waals surface area contributed by atoms with Crippen molar-refractivity contribution >= 4 is 5.91 Å². The molecule has 1 aromatic heterocycles. The Hall–Kier alpha value is -3.18. The van der Waals surface area contributed by atoms with Crippen LogP contribution in [0, 0.1) is 0 Å². The predicted octanol–water partition coefficient (Wildman–Crippen LogP) is 3.06. The third kappa shape index (κ3) is 5.66. The predicted molar refractivity (Wildman–Crippen MR) is 107 cm³/mol. The first-order valence-electron chi connectivity index (χ1n) is 8.95. The van der Waals surface area contributed by atoms with E-state index in [2.05, 4.69) is 16.4 Å². The Balaban J connectivity index is 1.43. The van der Waals surface area contributed by atoms with Gasteiger partial charge in [0, 0.05) is 24.5 Å². The normalized spacial score (nSPS) is 10.5. The van der Waals surface area contributed by atoms with E-state index in [0.717, 1.165) is 36.4 Å². The van der Waals surface area contributed by atoms with Crippen molar-refractivity contribution in [3.63, 3.8) is 0 Å². The van der Waals surface area contributed by atoms with Crippen LogP contribution in [0.5, 0.6) is 5.75 Å². The zero-order valence-corrected chi connectivity index (χ0v) is 15.1. The molecule has 1 amide bonds. The topological polar surface area (TPSA) is 77.2 Å². The number of aromatic nitrogens is 1. The molecule has 0 radical (unpaired) electrons. The number of benzene rings is 2. The van der Waals surface area contributed by atoms with Crippen LogP contribution in [0.25, 0.3) is 11.1 Å². The summed E-state index contributed by atoms with van der Waals surface area (Å²) in [7, 11) is 0. The average molecular weight is 361 g/mol. The molecule has 2 aromatic carbocycles. The molecule has 3 rings (SSSR count). The van der Waals surface area contributed by atoms with Crippen molar-refractivity contribution in [2.75, 3.05) is 19.7 Å². The Morgan fingerprint density at radius 2 is 1.85 bits per heavy atom. The van der Waals surface area contributed by atoms with Crippen molar-refractivity contribution in [2.24, 2.45) is 5.73 Å². The van der Waals surface area contributed by atoms with Crippen LogP contribution in [-0.4, -0.2) is 30.6 Å². The smallest absolute Gasteiger partial charge is 0.248 e. The first kappa shape index (κ1) is 18.6. The summed E-state index contributed by atoms with van der Waals surface area (Å²) in [4.78, 5) is 15.4. The number of primary amides is 1. The number of pyridine rings is 1. The number of hydrogen-bond donors (Lipinski definition) is 2. The van der Waals surface area contributed by atoms with E-state index in [-0.39, 0.29) is 0 Å². The molecule has 0 aliphatic heterocycles. The number of hydrogen-bond acceptors (Lipinski definition) is 4. The molecule has 5 nitrogen and oxygen atoms in total. The van der Waals surface area contributed by atoms with Crippen molar-refractivity contribution in [3.8, 4) is 16.9 Å². The zero-order valence-electron chi connectivity index (χ0n) is 15.1. The van der Waals surface area contributed by atoms with Gasteiger partial charge in [-0.3, -0.25) is 9.78 Å². The van der Waals surface area contributed by atoms with Crippen LogP contribution in [0.15, 0.2) is 73.1 Å². The van der Waals surface area contributed by atoms with Crippen LogP contribution in [0.4, 0.5) is 0 Å². The molecule has 0 aliphatic rings. The second-order valence-corrected chi connectivity index (χ2v) is 6.18. The van der Waals surface area contributed by atoms with E-state index in [1.54, 1.807) is 18.3 Å². The highest BCUT2D eigenvalue weighted by molar-refractivity contribution is 5.94. The SMILES string of the molecule is NC(=O)c1cccc(-c2ccc(OCCNCCc3cccnc3)cc2)c1. The number of amides is 1. The molecular weight excluding hydrogens is 338 g/mol. The summed E-state index contributed by atoms with van der Waals surface area (Å²) in [6.07, 6.45) is 4.62. The lowest BCUT2D eigenvalue weighted by Crippen LogP contribution is -2.23. The third-order valence-corrected chi connectivity index (χ3v) is 4.20. The van der Waals surface area contributed by atoms with Gasteiger partial charge in [-0.15, -0.1) is 0 Å². The number of rotatable bonds is 9. The van der Waals surface area contributed by atoms with Gasteiger partial charge in [0.05, 0.1) is 0 Å². The molecule has 5 heteroatoms. The molecule has 0 bridgehead atoms. The van der Waals surface area contributed by atoms with Crippen LogP contribution in [0.2, 0.25) is 0 Å². The molecule has 1 heterocycles. The fraction of sp³-hybridized carbons (Fsp3) is 0.182. The van der Waals surface area contributed by atoms with Gasteiger partial charge in [-0.2, -0.15) is 0 Å². The summed E-state index contributed by atoms with van der Waals surface area (Å²) < 4.78 is 5.76. The highest BCUT2D eigenvalue weighted by Gasteiger charge is 2.04. The van der Waals surface area contributed by atoms with E-state index in [4.69, 9.17) is 10.5 Å². The molecule has 0 unspecified atom stereocenters. The van der Waals surface area contributed by atoms with Crippen molar-refractivity contribution in [1.29, 1.82) is 0 Å².